The summed E-state index contributed by atoms with van der Waals surface area (Å²) in [6.45, 7) is 6.46. The van der Waals surface area contributed by atoms with Crippen LogP contribution in [0.1, 0.15) is 20.8 Å². The highest BCUT2D eigenvalue weighted by molar-refractivity contribution is 5.23. The quantitative estimate of drug-likeness (QED) is 0.842. The smallest absolute Gasteiger partial charge is 0.163 e. The molecule has 106 valence electrons. The van der Waals surface area contributed by atoms with Crippen LogP contribution in [0, 0.1) is 17.6 Å². The second kappa shape index (κ2) is 5.43. The van der Waals surface area contributed by atoms with E-state index in [-0.39, 0.29) is 17.8 Å². The molecule has 1 saturated heterocycles. The Labute approximate surface area is 111 Å². The van der Waals surface area contributed by atoms with Crippen LogP contribution in [0.3, 0.4) is 0 Å². The van der Waals surface area contributed by atoms with Gasteiger partial charge in [-0.15, -0.1) is 0 Å². The number of hydrogen-bond donors (Lipinski definition) is 0. The molecule has 0 radical (unpaired) electrons. The minimum absolute atomic E-state index is 0.0631. The van der Waals surface area contributed by atoms with E-state index >= 15 is 0 Å². The Bertz CT molecular complexity index is 428. The summed E-state index contributed by atoms with van der Waals surface area (Å²) in [5.74, 6) is -1.63. The first kappa shape index (κ1) is 14.2. The van der Waals surface area contributed by atoms with Gasteiger partial charge < -0.3 is 14.2 Å². The van der Waals surface area contributed by atoms with E-state index < -0.39 is 17.4 Å². The van der Waals surface area contributed by atoms with Gasteiger partial charge in [0.2, 0.25) is 0 Å². The van der Waals surface area contributed by atoms with Crippen LogP contribution < -0.4 is 4.74 Å². The average molecular weight is 272 g/mol. The van der Waals surface area contributed by atoms with Crippen LogP contribution in [0.2, 0.25) is 0 Å². The Balaban J connectivity index is 1.88. The molecule has 1 aromatic rings. The zero-order valence-electron chi connectivity index (χ0n) is 11.3. The third-order valence-electron chi connectivity index (χ3n) is 3.01. The first-order valence-corrected chi connectivity index (χ1v) is 6.26. The molecule has 2 rings (SSSR count). The van der Waals surface area contributed by atoms with Crippen molar-refractivity contribution >= 4 is 0 Å². The van der Waals surface area contributed by atoms with Crippen molar-refractivity contribution in [2.45, 2.75) is 32.7 Å². The summed E-state index contributed by atoms with van der Waals surface area (Å²) in [5.41, 5.74) is 0. The molecule has 3 nitrogen and oxygen atoms in total. The average Bonchev–Trinajstić information content (AvgIpc) is 2.65. The highest BCUT2D eigenvalue weighted by atomic mass is 19.1. The van der Waals surface area contributed by atoms with Crippen LogP contribution in [-0.4, -0.2) is 25.1 Å². The van der Waals surface area contributed by atoms with Crippen LogP contribution in [-0.2, 0) is 9.47 Å². The molecule has 2 unspecified atom stereocenters. The fourth-order valence-corrected chi connectivity index (χ4v) is 1.94. The van der Waals surface area contributed by atoms with Crippen LogP contribution in [0.4, 0.5) is 8.78 Å². The second-order valence-corrected chi connectivity index (χ2v) is 5.26. The zero-order valence-corrected chi connectivity index (χ0v) is 11.3. The van der Waals surface area contributed by atoms with Gasteiger partial charge in [0, 0.05) is 24.1 Å². The maximum absolute atomic E-state index is 13.0. The first-order valence-electron chi connectivity index (χ1n) is 6.26. The van der Waals surface area contributed by atoms with E-state index in [9.17, 15) is 8.78 Å². The number of halogens is 2. The largest absolute Gasteiger partial charge is 0.493 e. The van der Waals surface area contributed by atoms with E-state index in [0.29, 0.717) is 13.2 Å². The van der Waals surface area contributed by atoms with Crippen molar-refractivity contribution in [1.29, 1.82) is 0 Å². The molecule has 1 heterocycles. The standard InChI is InChI=1S/C14H18F2O3/c1-9(13-8-18-14(2,3)19-13)7-17-12-5-10(15)4-11(16)6-12/h4-6,9,13H,7-8H2,1-3H3. The van der Waals surface area contributed by atoms with Gasteiger partial charge in [0.05, 0.1) is 19.3 Å². The highest BCUT2D eigenvalue weighted by Crippen LogP contribution is 2.27. The number of hydrogen-bond acceptors (Lipinski definition) is 3. The van der Waals surface area contributed by atoms with Gasteiger partial charge in [-0.1, -0.05) is 6.92 Å². The molecular formula is C14H18F2O3. The second-order valence-electron chi connectivity index (χ2n) is 5.26. The van der Waals surface area contributed by atoms with E-state index in [0.717, 1.165) is 18.2 Å². The molecular weight excluding hydrogens is 254 g/mol. The lowest BCUT2D eigenvalue weighted by molar-refractivity contribution is -0.144. The lowest BCUT2D eigenvalue weighted by Gasteiger charge is -2.21. The Morgan fingerprint density at radius 1 is 1.32 bits per heavy atom. The molecule has 1 aromatic carbocycles. The van der Waals surface area contributed by atoms with E-state index in [1.54, 1.807) is 0 Å². The van der Waals surface area contributed by atoms with Crippen molar-refractivity contribution in [1.82, 2.24) is 0 Å². The molecule has 19 heavy (non-hydrogen) atoms. The summed E-state index contributed by atoms with van der Waals surface area (Å²) >= 11 is 0. The third-order valence-corrected chi connectivity index (χ3v) is 3.01. The predicted molar refractivity (Wildman–Crippen MR) is 65.9 cm³/mol. The summed E-state index contributed by atoms with van der Waals surface area (Å²) in [4.78, 5) is 0. The molecule has 2 atom stereocenters. The van der Waals surface area contributed by atoms with Gasteiger partial charge in [-0.25, -0.2) is 8.78 Å². The molecule has 1 aliphatic rings. The SMILES string of the molecule is CC(COc1cc(F)cc(F)c1)C1COC(C)(C)O1. The predicted octanol–water partition coefficient (Wildman–Crippen LogP) is 3.13. The molecule has 1 fully saturated rings. The van der Waals surface area contributed by atoms with Crippen molar-refractivity contribution in [3.63, 3.8) is 0 Å². The van der Waals surface area contributed by atoms with Gasteiger partial charge in [0.25, 0.3) is 0 Å². The van der Waals surface area contributed by atoms with Gasteiger partial charge in [-0.3, -0.25) is 0 Å². The first-order chi connectivity index (χ1) is 8.85. The maximum Gasteiger partial charge on any atom is 0.163 e. The van der Waals surface area contributed by atoms with E-state index in [4.69, 9.17) is 14.2 Å². The summed E-state index contributed by atoms with van der Waals surface area (Å²) in [6, 6.07) is 3.13. The highest BCUT2D eigenvalue weighted by Gasteiger charge is 2.35. The molecule has 0 spiro atoms. The number of ether oxygens (including phenoxy) is 3. The van der Waals surface area contributed by atoms with Gasteiger partial charge in [-0.2, -0.15) is 0 Å². The fourth-order valence-electron chi connectivity index (χ4n) is 1.94. The maximum atomic E-state index is 13.0. The molecule has 0 aliphatic carbocycles. The van der Waals surface area contributed by atoms with Crippen LogP contribution in [0.5, 0.6) is 5.75 Å². The Morgan fingerprint density at radius 3 is 2.47 bits per heavy atom. The fraction of sp³-hybridized carbons (Fsp3) is 0.571. The number of rotatable bonds is 4. The van der Waals surface area contributed by atoms with Crippen molar-refractivity contribution in [3.8, 4) is 5.75 Å². The normalized spacial score (nSPS) is 23.3. The third kappa shape index (κ3) is 3.88. The molecule has 0 aromatic heterocycles. The number of benzene rings is 1. The van der Waals surface area contributed by atoms with Crippen LogP contribution >= 0.6 is 0 Å². The lowest BCUT2D eigenvalue weighted by atomic mass is 10.1. The molecule has 0 N–H and O–H groups in total. The monoisotopic (exact) mass is 272 g/mol. The summed E-state index contributed by atoms with van der Waals surface area (Å²) in [6.07, 6.45) is -0.0755. The minimum atomic E-state index is -0.649. The lowest BCUT2D eigenvalue weighted by Crippen LogP contribution is -2.28. The Morgan fingerprint density at radius 2 is 1.95 bits per heavy atom. The van der Waals surface area contributed by atoms with Gasteiger partial charge in [-0.05, 0) is 13.8 Å². The van der Waals surface area contributed by atoms with Gasteiger partial charge in [0.15, 0.2) is 5.79 Å². The van der Waals surface area contributed by atoms with Crippen molar-refractivity contribution < 1.29 is 23.0 Å². The summed E-state index contributed by atoms with van der Waals surface area (Å²) < 4.78 is 42.5. The molecule has 1 aliphatic heterocycles. The summed E-state index contributed by atoms with van der Waals surface area (Å²) in [5, 5.41) is 0. The van der Waals surface area contributed by atoms with Crippen LogP contribution in [0.25, 0.3) is 0 Å². The molecule has 0 saturated carbocycles. The van der Waals surface area contributed by atoms with Crippen molar-refractivity contribution in [2.75, 3.05) is 13.2 Å². The Hall–Kier alpha value is -1.20. The molecule has 0 bridgehead atoms. The molecule has 5 heteroatoms. The zero-order chi connectivity index (χ0) is 14.0. The minimum Gasteiger partial charge on any atom is -0.493 e. The van der Waals surface area contributed by atoms with Gasteiger partial charge in [0.1, 0.15) is 17.4 Å². The van der Waals surface area contributed by atoms with E-state index in [1.807, 2.05) is 20.8 Å². The van der Waals surface area contributed by atoms with E-state index in [2.05, 4.69) is 0 Å². The Kier molecular flexibility index (Phi) is 4.06. The van der Waals surface area contributed by atoms with Crippen molar-refractivity contribution in [2.24, 2.45) is 5.92 Å². The topological polar surface area (TPSA) is 27.7 Å². The summed E-state index contributed by atoms with van der Waals surface area (Å²) in [7, 11) is 0. The van der Waals surface area contributed by atoms with Crippen molar-refractivity contribution in [3.05, 3.63) is 29.8 Å². The van der Waals surface area contributed by atoms with E-state index in [1.165, 1.54) is 0 Å². The molecule has 0 amide bonds. The van der Waals surface area contributed by atoms with Gasteiger partial charge >= 0.3 is 0 Å². The van der Waals surface area contributed by atoms with Crippen LogP contribution in [0.15, 0.2) is 18.2 Å².